The second kappa shape index (κ2) is 7.29. The Kier molecular flexibility index (Phi) is 5.41. The van der Waals surface area contributed by atoms with Crippen molar-refractivity contribution in [2.75, 3.05) is 13.2 Å². The molecule has 0 saturated heterocycles. The zero-order valence-electron chi connectivity index (χ0n) is 12.0. The topological polar surface area (TPSA) is 58.6 Å². The smallest absolute Gasteiger partial charge is 0.257 e. The van der Waals surface area contributed by atoms with Gasteiger partial charge in [-0.3, -0.25) is 4.79 Å². The highest BCUT2D eigenvalue weighted by atomic mass is 16.5. The van der Waals surface area contributed by atoms with Gasteiger partial charge in [0.25, 0.3) is 5.91 Å². The van der Waals surface area contributed by atoms with Gasteiger partial charge >= 0.3 is 0 Å². The van der Waals surface area contributed by atoms with E-state index in [9.17, 15) is 9.90 Å². The van der Waals surface area contributed by atoms with E-state index in [4.69, 9.17) is 4.74 Å². The van der Waals surface area contributed by atoms with Crippen LogP contribution in [-0.4, -0.2) is 30.3 Å². The van der Waals surface area contributed by atoms with Gasteiger partial charge in [-0.25, -0.2) is 0 Å². The molecule has 4 nitrogen and oxygen atoms in total. The SMILES string of the molecule is CCc1ccccc1OCC(=O)NCC1CCCC1O. The minimum absolute atomic E-state index is 0.0276. The van der Waals surface area contributed by atoms with E-state index >= 15 is 0 Å². The summed E-state index contributed by atoms with van der Waals surface area (Å²) < 4.78 is 5.56. The number of aliphatic hydroxyl groups is 1. The number of carbonyl (C=O) groups is 1. The lowest BCUT2D eigenvalue weighted by atomic mass is 10.1. The summed E-state index contributed by atoms with van der Waals surface area (Å²) in [5.74, 6) is 0.836. The molecule has 0 spiro atoms. The Balaban J connectivity index is 1.74. The highest BCUT2D eigenvalue weighted by molar-refractivity contribution is 5.77. The van der Waals surface area contributed by atoms with Crippen molar-refractivity contribution >= 4 is 5.91 Å². The molecule has 1 aliphatic rings. The van der Waals surface area contributed by atoms with Crippen LogP contribution in [0.4, 0.5) is 0 Å². The van der Waals surface area contributed by atoms with Gasteiger partial charge in [-0.05, 0) is 30.9 Å². The van der Waals surface area contributed by atoms with Crippen LogP contribution < -0.4 is 10.1 Å². The van der Waals surface area contributed by atoms with Gasteiger partial charge in [0.15, 0.2) is 6.61 Å². The molecule has 110 valence electrons. The Morgan fingerprint density at radius 2 is 2.20 bits per heavy atom. The van der Waals surface area contributed by atoms with Crippen LogP contribution in [0.25, 0.3) is 0 Å². The van der Waals surface area contributed by atoms with Gasteiger partial charge in [0.05, 0.1) is 6.10 Å². The standard InChI is InChI=1S/C16H23NO3/c1-2-12-6-3-4-9-15(12)20-11-16(19)17-10-13-7-5-8-14(13)18/h3-4,6,9,13-14,18H,2,5,7-8,10-11H2,1H3,(H,17,19). The van der Waals surface area contributed by atoms with Gasteiger partial charge in [0.1, 0.15) is 5.75 Å². The minimum atomic E-state index is -0.267. The van der Waals surface area contributed by atoms with E-state index in [-0.39, 0.29) is 24.5 Å². The van der Waals surface area contributed by atoms with Crippen molar-refractivity contribution in [2.24, 2.45) is 5.92 Å². The molecular weight excluding hydrogens is 254 g/mol. The van der Waals surface area contributed by atoms with E-state index in [1.54, 1.807) is 0 Å². The summed E-state index contributed by atoms with van der Waals surface area (Å²) in [6.45, 7) is 2.63. The first-order chi connectivity index (χ1) is 9.70. The fourth-order valence-corrected chi connectivity index (χ4v) is 2.63. The van der Waals surface area contributed by atoms with Crippen molar-refractivity contribution in [3.63, 3.8) is 0 Å². The van der Waals surface area contributed by atoms with Crippen LogP contribution in [0, 0.1) is 5.92 Å². The lowest BCUT2D eigenvalue weighted by molar-refractivity contribution is -0.123. The normalized spacial score (nSPS) is 21.7. The van der Waals surface area contributed by atoms with E-state index in [0.717, 1.165) is 37.0 Å². The number of carbonyl (C=O) groups excluding carboxylic acids is 1. The van der Waals surface area contributed by atoms with Crippen molar-refractivity contribution in [1.29, 1.82) is 0 Å². The summed E-state index contributed by atoms with van der Waals surface area (Å²) >= 11 is 0. The molecule has 1 fully saturated rings. The Morgan fingerprint density at radius 1 is 1.40 bits per heavy atom. The first kappa shape index (κ1) is 14.9. The second-order valence-corrected chi connectivity index (χ2v) is 5.31. The average Bonchev–Trinajstić information content (AvgIpc) is 2.88. The Bertz CT molecular complexity index is 447. The molecular formula is C16H23NO3. The van der Waals surface area contributed by atoms with Crippen LogP contribution in [-0.2, 0) is 11.2 Å². The van der Waals surface area contributed by atoms with Gasteiger partial charge in [0, 0.05) is 12.5 Å². The Labute approximate surface area is 120 Å². The fourth-order valence-electron chi connectivity index (χ4n) is 2.63. The molecule has 2 atom stereocenters. The first-order valence-electron chi connectivity index (χ1n) is 7.36. The molecule has 4 heteroatoms. The first-order valence-corrected chi connectivity index (χ1v) is 7.36. The quantitative estimate of drug-likeness (QED) is 0.835. The summed E-state index contributed by atoms with van der Waals surface area (Å²) in [5, 5.41) is 12.5. The number of amides is 1. The molecule has 0 bridgehead atoms. The van der Waals surface area contributed by atoms with E-state index in [0.29, 0.717) is 6.54 Å². The summed E-state index contributed by atoms with van der Waals surface area (Å²) in [5.41, 5.74) is 1.10. The fraction of sp³-hybridized carbons (Fsp3) is 0.562. The number of hydrogen-bond donors (Lipinski definition) is 2. The lowest BCUT2D eigenvalue weighted by Gasteiger charge is -2.15. The predicted molar refractivity (Wildman–Crippen MR) is 77.7 cm³/mol. The van der Waals surface area contributed by atoms with Crippen LogP contribution in [0.3, 0.4) is 0 Å². The van der Waals surface area contributed by atoms with E-state index in [1.807, 2.05) is 24.3 Å². The number of aryl methyl sites for hydroxylation is 1. The highest BCUT2D eigenvalue weighted by Gasteiger charge is 2.25. The number of benzene rings is 1. The minimum Gasteiger partial charge on any atom is -0.483 e. The zero-order chi connectivity index (χ0) is 14.4. The predicted octanol–water partition coefficient (Wildman–Crippen LogP) is 1.90. The van der Waals surface area contributed by atoms with Gasteiger partial charge < -0.3 is 15.2 Å². The molecule has 0 heterocycles. The van der Waals surface area contributed by atoms with Gasteiger partial charge in [-0.2, -0.15) is 0 Å². The number of nitrogens with one attached hydrogen (secondary N) is 1. The molecule has 1 aliphatic carbocycles. The third kappa shape index (κ3) is 3.97. The lowest BCUT2D eigenvalue weighted by Crippen LogP contribution is -2.35. The van der Waals surface area contributed by atoms with Crippen LogP contribution >= 0.6 is 0 Å². The van der Waals surface area contributed by atoms with Crippen molar-refractivity contribution in [3.05, 3.63) is 29.8 Å². The van der Waals surface area contributed by atoms with Crippen molar-refractivity contribution in [1.82, 2.24) is 5.32 Å². The van der Waals surface area contributed by atoms with Gasteiger partial charge in [-0.1, -0.05) is 31.5 Å². The molecule has 0 aliphatic heterocycles. The maximum absolute atomic E-state index is 11.8. The highest BCUT2D eigenvalue weighted by Crippen LogP contribution is 2.24. The number of aliphatic hydroxyl groups excluding tert-OH is 1. The Morgan fingerprint density at radius 3 is 2.90 bits per heavy atom. The summed E-state index contributed by atoms with van der Waals surface area (Å²) in [6.07, 6.45) is 3.49. The van der Waals surface area contributed by atoms with Crippen molar-refractivity contribution < 1.29 is 14.6 Å². The van der Waals surface area contributed by atoms with E-state index in [2.05, 4.69) is 12.2 Å². The molecule has 2 rings (SSSR count). The molecule has 20 heavy (non-hydrogen) atoms. The van der Waals surface area contributed by atoms with Crippen LogP contribution in [0.1, 0.15) is 31.7 Å². The van der Waals surface area contributed by atoms with E-state index < -0.39 is 0 Å². The summed E-state index contributed by atoms with van der Waals surface area (Å²) in [4.78, 5) is 11.8. The van der Waals surface area contributed by atoms with Gasteiger partial charge in [0.2, 0.25) is 0 Å². The molecule has 1 aromatic carbocycles. The second-order valence-electron chi connectivity index (χ2n) is 5.31. The zero-order valence-corrected chi connectivity index (χ0v) is 12.0. The Hall–Kier alpha value is -1.55. The number of hydrogen-bond acceptors (Lipinski definition) is 3. The summed E-state index contributed by atoms with van der Waals surface area (Å²) in [6, 6.07) is 7.75. The monoisotopic (exact) mass is 277 g/mol. The maximum Gasteiger partial charge on any atom is 0.257 e. The van der Waals surface area contributed by atoms with Crippen LogP contribution in [0.15, 0.2) is 24.3 Å². The molecule has 0 aromatic heterocycles. The third-order valence-electron chi connectivity index (χ3n) is 3.89. The van der Waals surface area contributed by atoms with Crippen molar-refractivity contribution in [2.45, 2.75) is 38.7 Å². The number of ether oxygens (including phenoxy) is 1. The molecule has 0 radical (unpaired) electrons. The molecule has 2 unspecified atom stereocenters. The van der Waals surface area contributed by atoms with Crippen LogP contribution in [0.5, 0.6) is 5.75 Å². The molecule has 1 amide bonds. The largest absolute Gasteiger partial charge is 0.483 e. The molecule has 1 aromatic rings. The molecule has 2 N–H and O–H groups in total. The van der Waals surface area contributed by atoms with Gasteiger partial charge in [-0.15, -0.1) is 0 Å². The van der Waals surface area contributed by atoms with Crippen molar-refractivity contribution in [3.8, 4) is 5.75 Å². The average molecular weight is 277 g/mol. The van der Waals surface area contributed by atoms with E-state index in [1.165, 1.54) is 0 Å². The molecule has 1 saturated carbocycles. The number of para-hydroxylation sites is 1. The summed E-state index contributed by atoms with van der Waals surface area (Å²) in [7, 11) is 0. The van der Waals surface area contributed by atoms with Crippen LogP contribution in [0.2, 0.25) is 0 Å². The maximum atomic E-state index is 11.8. The number of rotatable bonds is 6. The third-order valence-corrected chi connectivity index (χ3v) is 3.89.